The molecule has 1 aromatic rings. The minimum atomic E-state index is -0.663. The Morgan fingerprint density at radius 2 is 2.05 bits per heavy atom. The molecule has 0 aliphatic carbocycles. The molecule has 7 heteroatoms. The van der Waals surface area contributed by atoms with Gasteiger partial charge in [0.1, 0.15) is 11.4 Å². The summed E-state index contributed by atoms with van der Waals surface area (Å²) in [5, 5.41) is 14.4. The van der Waals surface area contributed by atoms with E-state index in [4.69, 9.17) is 4.74 Å². The molecule has 0 bridgehead atoms. The Bertz CT molecular complexity index is 487. The highest BCUT2D eigenvalue weighted by atomic mass is 16.6. The van der Waals surface area contributed by atoms with Crippen molar-refractivity contribution in [3.8, 4) is 0 Å². The Kier molecular flexibility index (Phi) is 3.73. The molecule has 2 atom stereocenters. The van der Waals surface area contributed by atoms with Crippen LogP contribution in [-0.2, 0) is 11.8 Å². The van der Waals surface area contributed by atoms with Gasteiger partial charge >= 0.3 is 6.09 Å². The molecule has 0 radical (unpaired) electrons. The van der Waals surface area contributed by atoms with Crippen LogP contribution in [0.1, 0.15) is 38.3 Å². The molecule has 7 nitrogen and oxygen atoms in total. The highest BCUT2D eigenvalue weighted by molar-refractivity contribution is 5.68. The van der Waals surface area contributed by atoms with Crippen LogP contribution in [0.5, 0.6) is 0 Å². The fourth-order valence-electron chi connectivity index (χ4n) is 2.16. The zero-order valence-corrected chi connectivity index (χ0v) is 12.6. The highest BCUT2D eigenvalue weighted by Crippen LogP contribution is 2.26. The largest absolute Gasteiger partial charge is 0.444 e. The summed E-state index contributed by atoms with van der Waals surface area (Å²) >= 11 is 0. The van der Waals surface area contributed by atoms with Gasteiger partial charge in [-0.25, -0.2) is 9.78 Å². The summed E-state index contributed by atoms with van der Waals surface area (Å²) in [5.74, 6) is 1.09. The first-order chi connectivity index (χ1) is 9.17. The number of ether oxygens (including phenoxy) is 1. The zero-order valence-electron chi connectivity index (χ0n) is 12.6. The molecule has 2 unspecified atom stereocenters. The molecular weight excluding hydrogens is 260 g/mol. The topological polar surface area (TPSA) is 80.5 Å². The van der Waals surface area contributed by atoms with Crippen molar-refractivity contribution in [1.82, 2.24) is 19.7 Å². The number of aliphatic hydroxyl groups excluding tert-OH is 1. The zero-order chi connectivity index (χ0) is 15.1. The van der Waals surface area contributed by atoms with Gasteiger partial charge in [0.05, 0.1) is 18.6 Å². The molecular formula is C13H22N4O3. The molecule has 2 heterocycles. The fourth-order valence-corrected chi connectivity index (χ4v) is 2.16. The summed E-state index contributed by atoms with van der Waals surface area (Å²) in [4.78, 5) is 17.8. The number of hydrogen-bond acceptors (Lipinski definition) is 5. The van der Waals surface area contributed by atoms with E-state index in [0.717, 1.165) is 5.82 Å². The molecule has 1 aromatic heterocycles. The lowest BCUT2D eigenvalue weighted by molar-refractivity contribution is 0.0270. The molecule has 1 saturated heterocycles. The van der Waals surface area contributed by atoms with E-state index in [0.29, 0.717) is 12.4 Å². The smallest absolute Gasteiger partial charge is 0.410 e. The number of nitrogens with zero attached hydrogens (tertiary/aromatic N) is 4. The van der Waals surface area contributed by atoms with Crippen molar-refractivity contribution in [2.75, 3.05) is 13.1 Å². The Balaban J connectivity index is 2.07. The van der Waals surface area contributed by atoms with E-state index in [1.54, 1.807) is 11.7 Å². The average Bonchev–Trinajstić information content (AvgIpc) is 2.81. The van der Waals surface area contributed by atoms with Gasteiger partial charge in [-0.15, -0.1) is 0 Å². The molecule has 0 aromatic carbocycles. The third-order valence-corrected chi connectivity index (χ3v) is 3.27. The van der Waals surface area contributed by atoms with E-state index < -0.39 is 17.8 Å². The monoisotopic (exact) mass is 282 g/mol. The van der Waals surface area contributed by atoms with Gasteiger partial charge in [-0.05, 0) is 27.7 Å². The SMILES string of the molecule is Cc1nc(C2CN(C(=O)OC(C)(C)C)CC2O)nn1C. The first kappa shape index (κ1) is 14.8. The van der Waals surface area contributed by atoms with Crippen molar-refractivity contribution in [2.24, 2.45) is 7.05 Å². The number of carbonyl (C=O) groups is 1. The van der Waals surface area contributed by atoms with Gasteiger partial charge in [0.15, 0.2) is 5.82 Å². The second kappa shape index (κ2) is 5.05. The lowest BCUT2D eigenvalue weighted by Crippen LogP contribution is -2.35. The van der Waals surface area contributed by atoms with E-state index >= 15 is 0 Å². The molecule has 20 heavy (non-hydrogen) atoms. The Morgan fingerprint density at radius 1 is 1.40 bits per heavy atom. The minimum Gasteiger partial charge on any atom is -0.444 e. The van der Waals surface area contributed by atoms with Crippen molar-refractivity contribution in [1.29, 1.82) is 0 Å². The van der Waals surface area contributed by atoms with Gasteiger partial charge < -0.3 is 14.7 Å². The standard InChI is InChI=1S/C13H22N4O3/c1-8-14-11(15-16(8)5)9-6-17(7-10(9)18)12(19)20-13(2,3)4/h9-10,18H,6-7H2,1-5H3. The van der Waals surface area contributed by atoms with Crippen molar-refractivity contribution in [3.05, 3.63) is 11.6 Å². The maximum Gasteiger partial charge on any atom is 0.410 e. The lowest BCUT2D eigenvalue weighted by Gasteiger charge is -2.24. The Labute approximate surface area is 118 Å². The van der Waals surface area contributed by atoms with Gasteiger partial charge in [0, 0.05) is 13.6 Å². The van der Waals surface area contributed by atoms with Crippen LogP contribution >= 0.6 is 0 Å². The number of rotatable bonds is 1. The number of amides is 1. The van der Waals surface area contributed by atoms with Crippen molar-refractivity contribution < 1.29 is 14.6 Å². The number of carbonyl (C=O) groups excluding carboxylic acids is 1. The van der Waals surface area contributed by atoms with E-state index in [2.05, 4.69) is 10.1 Å². The molecule has 2 rings (SSSR count). The van der Waals surface area contributed by atoms with Gasteiger partial charge in [-0.3, -0.25) is 4.68 Å². The molecule has 1 N–H and O–H groups in total. The Hall–Kier alpha value is -1.63. The number of hydrogen-bond donors (Lipinski definition) is 1. The predicted octanol–water partition coefficient (Wildman–Crippen LogP) is 0.819. The first-order valence-electron chi connectivity index (χ1n) is 6.71. The summed E-state index contributed by atoms with van der Waals surface area (Å²) in [6.45, 7) is 7.93. The summed E-state index contributed by atoms with van der Waals surface area (Å²) in [7, 11) is 1.80. The molecule has 112 valence electrons. The van der Waals surface area contributed by atoms with Crippen LogP contribution in [0.25, 0.3) is 0 Å². The first-order valence-corrected chi connectivity index (χ1v) is 6.71. The number of likely N-dealkylation sites (tertiary alicyclic amines) is 1. The summed E-state index contributed by atoms with van der Waals surface area (Å²) < 4.78 is 6.98. The van der Waals surface area contributed by atoms with E-state index in [9.17, 15) is 9.90 Å². The second-order valence-corrected chi connectivity index (χ2v) is 6.20. The number of aromatic nitrogens is 3. The Morgan fingerprint density at radius 3 is 2.55 bits per heavy atom. The van der Waals surface area contributed by atoms with Crippen molar-refractivity contribution in [3.63, 3.8) is 0 Å². The van der Waals surface area contributed by atoms with Crippen LogP contribution in [-0.4, -0.2) is 55.7 Å². The summed E-state index contributed by atoms with van der Waals surface area (Å²) in [6, 6.07) is 0. The molecule has 1 fully saturated rings. The molecule has 1 aliphatic heterocycles. The van der Waals surface area contributed by atoms with E-state index in [-0.39, 0.29) is 12.5 Å². The van der Waals surface area contributed by atoms with Gasteiger partial charge in [0.25, 0.3) is 0 Å². The maximum absolute atomic E-state index is 12.0. The molecule has 0 spiro atoms. The quantitative estimate of drug-likeness (QED) is 0.824. The maximum atomic E-state index is 12.0. The van der Waals surface area contributed by atoms with Crippen molar-refractivity contribution >= 4 is 6.09 Å². The number of aryl methyl sites for hydroxylation is 2. The van der Waals surface area contributed by atoms with E-state index in [1.165, 1.54) is 4.90 Å². The summed E-state index contributed by atoms with van der Waals surface area (Å²) in [6.07, 6.45) is -1.07. The van der Waals surface area contributed by atoms with Crippen LogP contribution in [0, 0.1) is 6.92 Å². The summed E-state index contributed by atoms with van der Waals surface area (Å²) in [5.41, 5.74) is -0.542. The number of aliphatic hydroxyl groups is 1. The average molecular weight is 282 g/mol. The third kappa shape index (κ3) is 3.09. The molecule has 1 aliphatic rings. The normalized spacial score (nSPS) is 23.2. The lowest BCUT2D eigenvalue weighted by atomic mass is 10.1. The van der Waals surface area contributed by atoms with Crippen LogP contribution in [0.4, 0.5) is 4.79 Å². The fraction of sp³-hybridized carbons (Fsp3) is 0.769. The highest BCUT2D eigenvalue weighted by Gasteiger charge is 2.39. The van der Waals surface area contributed by atoms with Crippen LogP contribution in [0.3, 0.4) is 0 Å². The van der Waals surface area contributed by atoms with E-state index in [1.807, 2.05) is 27.7 Å². The van der Waals surface area contributed by atoms with Crippen LogP contribution in [0.15, 0.2) is 0 Å². The van der Waals surface area contributed by atoms with Crippen molar-refractivity contribution in [2.45, 2.75) is 45.3 Å². The second-order valence-electron chi connectivity index (χ2n) is 6.20. The minimum absolute atomic E-state index is 0.247. The van der Waals surface area contributed by atoms with Gasteiger partial charge in [-0.1, -0.05) is 0 Å². The number of β-amino-alcohol motifs (C(OH)–C–C–N with tert-alkyl or cyclic N) is 1. The predicted molar refractivity (Wildman–Crippen MR) is 72.3 cm³/mol. The molecule has 1 amide bonds. The third-order valence-electron chi connectivity index (χ3n) is 3.27. The van der Waals surface area contributed by atoms with Crippen LogP contribution in [0.2, 0.25) is 0 Å². The van der Waals surface area contributed by atoms with Gasteiger partial charge in [0.2, 0.25) is 0 Å². The van der Waals surface area contributed by atoms with Gasteiger partial charge in [-0.2, -0.15) is 5.10 Å². The molecule has 0 saturated carbocycles. The van der Waals surface area contributed by atoms with Crippen LogP contribution < -0.4 is 0 Å².